The fraction of sp³-hybridized carbons (Fsp3) is 0.412. The SMILES string of the molecule is COc1cc(C=NNc2nc(N(C)C)nc(N3CCOCC3)n2)ccc1O. The standard InChI is InChI=1S/C17H23N7O3/c1-23(2)16-19-15(20-17(21-16)24-6-8-27-9-7-24)22-18-11-12-4-5-13(25)14(10-12)26-3/h4-5,10-11,25H,6-9H2,1-3H3,(H,19,20,21,22). The number of aromatic hydroxyl groups is 1. The van der Waals surface area contributed by atoms with Crippen LogP contribution in [0, 0.1) is 0 Å². The topological polar surface area (TPSA) is 108 Å². The van der Waals surface area contributed by atoms with Gasteiger partial charge in [-0.2, -0.15) is 20.1 Å². The highest BCUT2D eigenvalue weighted by molar-refractivity contribution is 5.81. The zero-order valence-corrected chi connectivity index (χ0v) is 15.6. The number of morpholine rings is 1. The van der Waals surface area contributed by atoms with Gasteiger partial charge in [0.2, 0.25) is 17.8 Å². The first-order valence-electron chi connectivity index (χ1n) is 8.49. The van der Waals surface area contributed by atoms with Crippen molar-refractivity contribution in [2.45, 2.75) is 0 Å². The number of phenols is 1. The second kappa shape index (κ2) is 8.49. The Morgan fingerprint density at radius 2 is 2.04 bits per heavy atom. The van der Waals surface area contributed by atoms with Crippen LogP contribution >= 0.6 is 0 Å². The van der Waals surface area contributed by atoms with Crippen molar-refractivity contribution >= 4 is 24.1 Å². The first kappa shape index (κ1) is 18.6. The molecule has 0 radical (unpaired) electrons. The van der Waals surface area contributed by atoms with E-state index in [2.05, 4.69) is 30.4 Å². The van der Waals surface area contributed by atoms with E-state index in [9.17, 15) is 5.11 Å². The first-order valence-corrected chi connectivity index (χ1v) is 8.49. The van der Waals surface area contributed by atoms with Crippen LogP contribution in [-0.4, -0.2) is 73.8 Å². The number of benzene rings is 1. The van der Waals surface area contributed by atoms with E-state index in [0.717, 1.165) is 18.7 Å². The minimum atomic E-state index is 0.0749. The molecule has 1 saturated heterocycles. The van der Waals surface area contributed by atoms with Gasteiger partial charge in [0.25, 0.3) is 0 Å². The lowest BCUT2D eigenvalue weighted by atomic mass is 10.2. The van der Waals surface area contributed by atoms with Crippen LogP contribution in [0.4, 0.5) is 17.8 Å². The van der Waals surface area contributed by atoms with E-state index < -0.39 is 0 Å². The molecule has 0 unspecified atom stereocenters. The van der Waals surface area contributed by atoms with Crippen molar-refractivity contribution in [3.63, 3.8) is 0 Å². The maximum Gasteiger partial charge on any atom is 0.250 e. The van der Waals surface area contributed by atoms with Crippen molar-refractivity contribution < 1.29 is 14.6 Å². The summed E-state index contributed by atoms with van der Waals surface area (Å²) in [4.78, 5) is 17.2. The molecule has 2 N–H and O–H groups in total. The van der Waals surface area contributed by atoms with Crippen LogP contribution in [0.25, 0.3) is 0 Å². The fourth-order valence-electron chi connectivity index (χ4n) is 2.45. The molecule has 10 heteroatoms. The molecule has 3 rings (SSSR count). The van der Waals surface area contributed by atoms with E-state index >= 15 is 0 Å². The average Bonchev–Trinajstić information content (AvgIpc) is 2.69. The molecule has 2 aromatic rings. The number of nitrogens with one attached hydrogen (secondary N) is 1. The van der Waals surface area contributed by atoms with Gasteiger partial charge in [-0.05, 0) is 23.8 Å². The lowest BCUT2D eigenvalue weighted by Crippen LogP contribution is -2.37. The van der Waals surface area contributed by atoms with Crippen molar-refractivity contribution in [3.05, 3.63) is 23.8 Å². The number of hydrogen-bond donors (Lipinski definition) is 2. The highest BCUT2D eigenvalue weighted by Crippen LogP contribution is 2.25. The van der Waals surface area contributed by atoms with Gasteiger partial charge in [0.05, 0.1) is 26.5 Å². The fourth-order valence-corrected chi connectivity index (χ4v) is 2.45. The Hall–Kier alpha value is -3.14. The molecule has 1 fully saturated rings. The second-order valence-corrected chi connectivity index (χ2v) is 6.05. The maximum absolute atomic E-state index is 9.64. The summed E-state index contributed by atoms with van der Waals surface area (Å²) < 4.78 is 10.5. The number of phenolic OH excluding ortho intramolecular Hbond substituents is 1. The molecule has 0 atom stereocenters. The average molecular weight is 373 g/mol. The monoisotopic (exact) mass is 373 g/mol. The Balaban J connectivity index is 1.78. The number of nitrogens with zero attached hydrogens (tertiary/aromatic N) is 6. The van der Waals surface area contributed by atoms with Gasteiger partial charge >= 0.3 is 0 Å². The van der Waals surface area contributed by atoms with Crippen LogP contribution in [0.5, 0.6) is 11.5 Å². The van der Waals surface area contributed by atoms with Crippen LogP contribution in [0.2, 0.25) is 0 Å². The summed E-state index contributed by atoms with van der Waals surface area (Å²) in [6.07, 6.45) is 1.59. The van der Waals surface area contributed by atoms with Crippen LogP contribution in [0.1, 0.15) is 5.56 Å². The predicted molar refractivity (Wildman–Crippen MR) is 103 cm³/mol. The number of ether oxygens (including phenoxy) is 2. The summed E-state index contributed by atoms with van der Waals surface area (Å²) in [6.45, 7) is 2.75. The molecule has 1 aromatic carbocycles. The van der Waals surface area contributed by atoms with Crippen LogP contribution in [0.3, 0.4) is 0 Å². The van der Waals surface area contributed by atoms with Crippen LogP contribution < -0.4 is 20.0 Å². The number of hydrazone groups is 1. The highest BCUT2D eigenvalue weighted by Gasteiger charge is 2.17. The quantitative estimate of drug-likeness (QED) is 0.565. The van der Waals surface area contributed by atoms with Crippen molar-refractivity contribution in [2.75, 3.05) is 62.7 Å². The van der Waals surface area contributed by atoms with E-state index in [-0.39, 0.29) is 5.75 Å². The van der Waals surface area contributed by atoms with Crippen molar-refractivity contribution in [1.29, 1.82) is 0 Å². The third kappa shape index (κ3) is 4.73. The Morgan fingerprint density at radius 3 is 2.74 bits per heavy atom. The molecule has 0 aliphatic carbocycles. The summed E-state index contributed by atoms with van der Waals surface area (Å²) >= 11 is 0. The Bertz CT molecular complexity index is 807. The number of anilines is 3. The molecule has 0 saturated carbocycles. The van der Waals surface area contributed by atoms with Gasteiger partial charge in [-0.25, -0.2) is 5.43 Å². The summed E-state index contributed by atoms with van der Waals surface area (Å²) in [6, 6.07) is 4.95. The Labute approximate surface area is 157 Å². The molecule has 1 aromatic heterocycles. The van der Waals surface area contributed by atoms with Gasteiger partial charge in [-0.3, -0.25) is 0 Å². The lowest BCUT2D eigenvalue weighted by molar-refractivity contribution is 0.122. The zero-order valence-electron chi connectivity index (χ0n) is 15.6. The van der Waals surface area contributed by atoms with Crippen molar-refractivity contribution in [2.24, 2.45) is 5.10 Å². The molecule has 10 nitrogen and oxygen atoms in total. The molecular formula is C17H23N7O3. The third-order valence-electron chi connectivity index (χ3n) is 3.89. The lowest BCUT2D eigenvalue weighted by Gasteiger charge is -2.27. The molecular weight excluding hydrogens is 350 g/mol. The number of hydrogen-bond acceptors (Lipinski definition) is 10. The predicted octanol–water partition coefficient (Wildman–Crippen LogP) is 0.934. The summed E-state index contributed by atoms with van der Waals surface area (Å²) in [5.74, 6) is 1.92. The van der Waals surface area contributed by atoms with Crippen LogP contribution in [-0.2, 0) is 4.74 Å². The van der Waals surface area contributed by atoms with Gasteiger partial charge in [0.15, 0.2) is 11.5 Å². The number of rotatable bonds is 6. The molecule has 1 aliphatic heterocycles. The number of methoxy groups -OCH3 is 1. The molecule has 144 valence electrons. The first-order chi connectivity index (χ1) is 13.1. The Morgan fingerprint density at radius 1 is 1.26 bits per heavy atom. The maximum atomic E-state index is 9.64. The van der Waals surface area contributed by atoms with Gasteiger partial charge in [-0.1, -0.05) is 0 Å². The van der Waals surface area contributed by atoms with E-state index in [1.54, 1.807) is 24.4 Å². The van der Waals surface area contributed by atoms with Crippen molar-refractivity contribution in [1.82, 2.24) is 15.0 Å². The normalized spacial score (nSPS) is 14.4. The van der Waals surface area contributed by atoms with E-state index in [1.165, 1.54) is 7.11 Å². The van der Waals surface area contributed by atoms with Gasteiger partial charge < -0.3 is 24.4 Å². The molecule has 0 bridgehead atoms. The molecule has 2 heterocycles. The van der Waals surface area contributed by atoms with Gasteiger partial charge in [0.1, 0.15) is 0 Å². The van der Waals surface area contributed by atoms with E-state index in [0.29, 0.717) is 36.8 Å². The van der Waals surface area contributed by atoms with Gasteiger partial charge in [0, 0.05) is 27.2 Å². The third-order valence-corrected chi connectivity index (χ3v) is 3.89. The second-order valence-electron chi connectivity index (χ2n) is 6.05. The summed E-state index contributed by atoms with van der Waals surface area (Å²) in [7, 11) is 5.23. The van der Waals surface area contributed by atoms with Crippen LogP contribution in [0.15, 0.2) is 23.3 Å². The van der Waals surface area contributed by atoms with Gasteiger partial charge in [-0.15, -0.1) is 0 Å². The smallest absolute Gasteiger partial charge is 0.250 e. The highest BCUT2D eigenvalue weighted by atomic mass is 16.5. The summed E-state index contributed by atoms with van der Waals surface area (Å²) in [5.41, 5.74) is 3.60. The minimum absolute atomic E-state index is 0.0749. The molecule has 1 aliphatic rings. The molecule has 0 amide bonds. The van der Waals surface area contributed by atoms with E-state index in [4.69, 9.17) is 9.47 Å². The van der Waals surface area contributed by atoms with Crippen molar-refractivity contribution in [3.8, 4) is 11.5 Å². The Kier molecular flexibility index (Phi) is 5.87. The molecule has 0 spiro atoms. The zero-order chi connectivity index (χ0) is 19.2. The largest absolute Gasteiger partial charge is 0.504 e. The molecule has 27 heavy (non-hydrogen) atoms. The minimum Gasteiger partial charge on any atom is -0.504 e. The summed E-state index contributed by atoms with van der Waals surface area (Å²) in [5, 5.41) is 13.8. The number of aromatic nitrogens is 3. The van der Waals surface area contributed by atoms with E-state index in [1.807, 2.05) is 19.0 Å².